The van der Waals surface area contributed by atoms with E-state index in [1.807, 2.05) is 30.3 Å². The summed E-state index contributed by atoms with van der Waals surface area (Å²) < 4.78 is 26.8. The standard InChI is InChI=1S/C25H26F2N4O2S/c26-18-9-15(10-19(27)11-18)12-28-23(32)17-7-4-8-31(13-17)25-29-21-20(16-5-2-1-3-6-16)14-34-22(21)24(33)30-25/h1-3,5-6,9-11,14,17,21-22,25,29H,4,7-8,12-13H2,(H,28,32)(H,30,33). The highest BCUT2D eigenvalue weighted by Crippen LogP contribution is 2.38. The topological polar surface area (TPSA) is 73.5 Å². The van der Waals surface area contributed by atoms with Gasteiger partial charge >= 0.3 is 0 Å². The van der Waals surface area contributed by atoms with Gasteiger partial charge in [-0.1, -0.05) is 30.3 Å². The number of fused-ring (bicyclic) bond motifs is 1. The van der Waals surface area contributed by atoms with Crippen LogP contribution in [-0.2, 0) is 16.1 Å². The van der Waals surface area contributed by atoms with Crippen molar-refractivity contribution in [2.24, 2.45) is 5.92 Å². The van der Waals surface area contributed by atoms with E-state index >= 15 is 0 Å². The molecule has 2 aromatic rings. The highest BCUT2D eigenvalue weighted by molar-refractivity contribution is 8.04. The fourth-order valence-corrected chi connectivity index (χ4v) is 6.01. The molecule has 4 atom stereocenters. The zero-order valence-electron chi connectivity index (χ0n) is 18.5. The molecule has 34 heavy (non-hydrogen) atoms. The van der Waals surface area contributed by atoms with Crippen LogP contribution in [0.1, 0.15) is 24.0 Å². The Hall–Kier alpha value is -2.75. The van der Waals surface area contributed by atoms with Gasteiger partial charge in [0.25, 0.3) is 0 Å². The molecule has 6 nitrogen and oxygen atoms in total. The van der Waals surface area contributed by atoms with E-state index in [4.69, 9.17) is 0 Å². The van der Waals surface area contributed by atoms with Crippen LogP contribution >= 0.6 is 11.8 Å². The van der Waals surface area contributed by atoms with Crippen LogP contribution < -0.4 is 16.0 Å². The number of halogens is 2. The van der Waals surface area contributed by atoms with Gasteiger partial charge in [-0.15, -0.1) is 11.8 Å². The third-order valence-corrected chi connectivity index (χ3v) is 7.71. The van der Waals surface area contributed by atoms with E-state index in [2.05, 4.69) is 26.3 Å². The van der Waals surface area contributed by atoms with Crippen LogP contribution in [0.2, 0.25) is 0 Å². The molecule has 9 heteroatoms. The van der Waals surface area contributed by atoms with Crippen LogP contribution in [0.5, 0.6) is 0 Å². The smallest absolute Gasteiger partial charge is 0.237 e. The van der Waals surface area contributed by atoms with Gasteiger partial charge < -0.3 is 10.6 Å². The molecule has 0 spiro atoms. The summed E-state index contributed by atoms with van der Waals surface area (Å²) in [6.45, 7) is 1.30. The molecule has 0 bridgehead atoms. The SMILES string of the molecule is O=C(NCc1cc(F)cc(F)c1)C1CCCN(C2NC(=O)C3SC=C(c4ccccc4)C3N2)C1. The van der Waals surface area contributed by atoms with Gasteiger partial charge in [0.2, 0.25) is 11.8 Å². The van der Waals surface area contributed by atoms with Gasteiger partial charge in [-0.25, -0.2) is 8.78 Å². The average molecular weight is 485 g/mol. The molecule has 3 heterocycles. The minimum absolute atomic E-state index is 0.0133. The first kappa shape index (κ1) is 23.0. The van der Waals surface area contributed by atoms with Gasteiger partial charge in [-0.05, 0) is 47.1 Å². The molecule has 3 aliphatic rings. The first-order chi connectivity index (χ1) is 16.5. The average Bonchev–Trinajstić information content (AvgIpc) is 3.27. The second-order valence-electron chi connectivity index (χ2n) is 8.88. The van der Waals surface area contributed by atoms with E-state index < -0.39 is 11.6 Å². The van der Waals surface area contributed by atoms with Crippen molar-refractivity contribution in [3.05, 3.63) is 76.7 Å². The molecule has 2 fully saturated rings. The van der Waals surface area contributed by atoms with Gasteiger partial charge in [-0.2, -0.15) is 0 Å². The van der Waals surface area contributed by atoms with Crippen molar-refractivity contribution in [3.63, 3.8) is 0 Å². The Kier molecular flexibility index (Phi) is 6.67. The molecule has 2 amide bonds. The van der Waals surface area contributed by atoms with E-state index in [9.17, 15) is 18.4 Å². The van der Waals surface area contributed by atoms with Crippen LogP contribution in [0.15, 0.2) is 53.9 Å². The highest BCUT2D eigenvalue weighted by atomic mass is 32.2. The van der Waals surface area contributed by atoms with Crippen molar-refractivity contribution in [1.82, 2.24) is 20.9 Å². The maximum atomic E-state index is 13.4. The minimum Gasteiger partial charge on any atom is -0.352 e. The number of nitrogens with zero attached hydrogens (tertiary/aromatic N) is 1. The van der Waals surface area contributed by atoms with Gasteiger partial charge in [0.05, 0.1) is 12.0 Å². The largest absolute Gasteiger partial charge is 0.352 e. The number of carbonyl (C=O) groups is 2. The molecule has 5 rings (SSSR count). The maximum Gasteiger partial charge on any atom is 0.237 e. The Labute approximate surface area is 201 Å². The Bertz CT molecular complexity index is 1090. The van der Waals surface area contributed by atoms with Crippen LogP contribution in [0.4, 0.5) is 8.78 Å². The molecule has 2 saturated heterocycles. The van der Waals surface area contributed by atoms with E-state index in [0.717, 1.165) is 36.6 Å². The Balaban J connectivity index is 1.22. The fraction of sp³-hybridized carbons (Fsp3) is 0.360. The van der Waals surface area contributed by atoms with Crippen molar-refractivity contribution in [3.8, 4) is 0 Å². The third-order valence-electron chi connectivity index (χ3n) is 6.54. The lowest BCUT2D eigenvalue weighted by atomic mass is 9.94. The summed E-state index contributed by atoms with van der Waals surface area (Å²) in [5, 5.41) is 11.3. The van der Waals surface area contributed by atoms with Crippen LogP contribution in [0, 0.1) is 17.6 Å². The summed E-state index contributed by atoms with van der Waals surface area (Å²) in [4.78, 5) is 27.8. The monoisotopic (exact) mass is 484 g/mol. The lowest BCUT2D eigenvalue weighted by Gasteiger charge is -2.43. The molecule has 0 saturated carbocycles. The van der Waals surface area contributed by atoms with Crippen LogP contribution in [0.3, 0.4) is 0 Å². The number of hydrogen-bond donors (Lipinski definition) is 3. The number of piperidine rings is 1. The lowest BCUT2D eigenvalue weighted by molar-refractivity contribution is -0.129. The number of hydrogen-bond acceptors (Lipinski definition) is 5. The molecular weight excluding hydrogens is 458 g/mol. The van der Waals surface area contributed by atoms with Crippen LogP contribution in [-0.4, -0.2) is 47.4 Å². The van der Waals surface area contributed by atoms with Crippen molar-refractivity contribution >= 4 is 29.1 Å². The Morgan fingerprint density at radius 2 is 1.91 bits per heavy atom. The summed E-state index contributed by atoms with van der Waals surface area (Å²) in [6.07, 6.45) is 1.16. The summed E-state index contributed by atoms with van der Waals surface area (Å²) in [6, 6.07) is 13.2. The second kappa shape index (κ2) is 9.85. The number of carbonyl (C=O) groups excluding carboxylic acids is 2. The number of thioether (sulfide) groups is 1. The third kappa shape index (κ3) is 4.87. The van der Waals surface area contributed by atoms with E-state index in [1.165, 1.54) is 23.9 Å². The molecule has 2 aromatic carbocycles. The summed E-state index contributed by atoms with van der Waals surface area (Å²) >= 11 is 1.53. The number of benzene rings is 2. The summed E-state index contributed by atoms with van der Waals surface area (Å²) in [7, 11) is 0. The van der Waals surface area contributed by atoms with E-state index in [1.54, 1.807) is 0 Å². The molecule has 0 aliphatic carbocycles. The molecule has 3 aliphatic heterocycles. The number of likely N-dealkylation sites (tertiary alicyclic amines) is 1. The molecule has 0 aromatic heterocycles. The predicted octanol–water partition coefficient (Wildman–Crippen LogP) is 2.82. The lowest BCUT2D eigenvalue weighted by Crippen LogP contribution is -2.69. The number of nitrogens with one attached hydrogen (secondary N) is 3. The van der Waals surface area contributed by atoms with Crippen LogP contribution in [0.25, 0.3) is 5.57 Å². The first-order valence-electron chi connectivity index (χ1n) is 11.4. The molecule has 3 N–H and O–H groups in total. The summed E-state index contributed by atoms with van der Waals surface area (Å²) in [5.41, 5.74) is 2.57. The zero-order valence-corrected chi connectivity index (χ0v) is 19.3. The van der Waals surface area contributed by atoms with Gasteiger partial charge in [0, 0.05) is 25.7 Å². The molecule has 178 valence electrons. The van der Waals surface area contributed by atoms with Crippen molar-refractivity contribution < 1.29 is 18.4 Å². The molecule has 4 unspecified atom stereocenters. The van der Waals surface area contributed by atoms with Crippen molar-refractivity contribution in [2.45, 2.75) is 37.0 Å². The predicted molar refractivity (Wildman–Crippen MR) is 127 cm³/mol. The first-order valence-corrected chi connectivity index (χ1v) is 12.4. The highest BCUT2D eigenvalue weighted by Gasteiger charge is 2.44. The van der Waals surface area contributed by atoms with Gasteiger partial charge in [-0.3, -0.25) is 19.8 Å². The Morgan fingerprint density at radius 3 is 2.68 bits per heavy atom. The Morgan fingerprint density at radius 1 is 1.15 bits per heavy atom. The minimum atomic E-state index is -0.667. The van der Waals surface area contributed by atoms with Gasteiger partial charge in [0.1, 0.15) is 23.2 Å². The molecular formula is C25H26F2N4O2S. The number of amides is 2. The number of rotatable bonds is 5. The van der Waals surface area contributed by atoms with Gasteiger partial charge in [0.15, 0.2) is 0 Å². The van der Waals surface area contributed by atoms with E-state index in [-0.39, 0.29) is 41.9 Å². The fourth-order valence-electron chi connectivity index (χ4n) is 4.86. The van der Waals surface area contributed by atoms with Crippen molar-refractivity contribution in [1.29, 1.82) is 0 Å². The second-order valence-corrected chi connectivity index (χ2v) is 9.90. The molecule has 0 radical (unpaired) electrons. The zero-order chi connectivity index (χ0) is 23.7. The quantitative estimate of drug-likeness (QED) is 0.609. The normalized spacial score (nSPS) is 27.0. The van der Waals surface area contributed by atoms with E-state index in [0.29, 0.717) is 12.1 Å². The van der Waals surface area contributed by atoms with Crippen molar-refractivity contribution in [2.75, 3.05) is 13.1 Å². The maximum absolute atomic E-state index is 13.4. The summed E-state index contributed by atoms with van der Waals surface area (Å²) in [5.74, 6) is -1.78.